The predicted molar refractivity (Wildman–Crippen MR) is 94.6 cm³/mol. The molecule has 0 bridgehead atoms. The van der Waals surface area contributed by atoms with Crippen LogP contribution in [-0.2, 0) is 14.8 Å². The number of carbonyl (C=O) groups is 1. The van der Waals surface area contributed by atoms with Crippen LogP contribution in [0.2, 0.25) is 0 Å². The van der Waals surface area contributed by atoms with Gasteiger partial charge in [0.1, 0.15) is 6.42 Å². The molecule has 1 heterocycles. The molecule has 1 amide bonds. The van der Waals surface area contributed by atoms with Gasteiger partial charge in [0.2, 0.25) is 5.91 Å². The van der Waals surface area contributed by atoms with Crippen molar-refractivity contribution in [1.29, 1.82) is 5.26 Å². The van der Waals surface area contributed by atoms with Crippen molar-refractivity contribution in [2.75, 3.05) is 5.32 Å². The summed E-state index contributed by atoms with van der Waals surface area (Å²) in [5.41, 5.74) is 2.01. The van der Waals surface area contributed by atoms with E-state index in [-0.39, 0.29) is 11.3 Å². The number of aryl methyl sites for hydroxylation is 1. The van der Waals surface area contributed by atoms with Crippen LogP contribution in [0.3, 0.4) is 0 Å². The van der Waals surface area contributed by atoms with E-state index in [4.69, 9.17) is 5.26 Å². The molecule has 2 aromatic carbocycles. The number of hydrogen-bond acceptors (Lipinski definition) is 4. The summed E-state index contributed by atoms with van der Waals surface area (Å²) in [5.74, 6) is -0.409. The standard InChI is InChI=1S/C18H15N3O3S/c1-13-2-5-16(6-3-13)25(23,24)21-11-9-14-12-15(4-7-17(14)21)20-18(22)8-10-19/h2-7,9,11-12H,8H2,1H3,(H,20,22). The Morgan fingerprint density at radius 2 is 1.88 bits per heavy atom. The third kappa shape index (κ3) is 3.25. The van der Waals surface area contributed by atoms with Crippen LogP contribution in [0, 0.1) is 18.3 Å². The first kappa shape index (κ1) is 16.7. The van der Waals surface area contributed by atoms with Crippen molar-refractivity contribution in [2.45, 2.75) is 18.2 Å². The Morgan fingerprint density at radius 3 is 2.56 bits per heavy atom. The lowest BCUT2D eigenvalue weighted by Gasteiger charge is -2.09. The third-order valence-corrected chi connectivity index (χ3v) is 5.46. The molecule has 3 aromatic rings. The summed E-state index contributed by atoms with van der Waals surface area (Å²) in [4.78, 5) is 11.7. The van der Waals surface area contributed by atoms with Crippen LogP contribution in [0.1, 0.15) is 12.0 Å². The maximum absolute atomic E-state index is 12.8. The number of aromatic nitrogens is 1. The van der Waals surface area contributed by atoms with E-state index in [0.717, 1.165) is 5.56 Å². The maximum atomic E-state index is 12.8. The first-order valence-corrected chi connectivity index (χ1v) is 8.96. The molecule has 0 spiro atoms. The summed E-state index contributed by atoms with van der Waals surface area (Å²) in [6.45, 7) is 1.89. The molecule has 6 nitrogen and oxygen atoms in total. The highest BCUT2D eigenvalue weighted by Gasteiger charge is 2.18. The molecule has 126 valence electrons. The van der Waals surface area contributed by atoms with Gasteiger partial charge in [0.25, 0.3) is 10.0 Å². The number of hydrogen-bond donors (Lipinski definition) is 1. The maximum Gasteiger partial charge on any atom is 0.268 e. The molecule has 0 radical (unpaired) electrons. The zero-order chi connectivity index (χ0) is 18.0. The first-order chi connectivity index (χ1) is 11.9. The van der Waals surface area contributed by atoms with Crippen LogP contribution in [-0.4, -0.2) is 18.3 Å². The Bertz CT molecular complexity index is 1090. The average Bonchev–Trinajstić information content (AvgIpc) is 2.99. The summed E-state index contributed by atoms with van der Waals surface area (Å²) in [7, 11) is -3.70. The number of nitrogens with one attached hydrogen (secondary N) is 1. The second-order valence-electron chi connectivity index (χ2n) is 5.59. The number of amides is 1. The van der Waals surface area contributed by atoms with Gasteiger partial charge in [0, 0.05) is 17.3 Å². The third-order valence-electron chi connectivity index (χ3n) is 3.76. The van der Waals surface area contributed by atoms with Gasteiger partial charge in [-0.1, -0.05) is 17.7 Å². The van der Waals surface area contributed by atoms with Gasteiger partial charge < -0.3 is 5.32 Å². The highest BCUT2D eigenvalue weighted by Crippen LogP contribution is 2.25. The van der Waals surface area contributed by atoms with E-state index in [0.29, 0.717) is 16.6 Å². The fraction of sp³-hybridized carbons (Fsp3) is 0.111. The van der Waals surface area contributed by atoms with Crippen molar-refractivity contribution in [2.24, 2.45) is 0 Å². The number of fused-ring (bicyclic) bond motifs is 1. The monoisotopic (exact) mass is 353 g/mol. The van der Waals surface area contributed by atoms with E-state index >= 15 is 0 Å². The van der Waals surface area contributed by atoms with Gasteiger partial charge in [-0.2, -0.15) is 5.26 Å². The lowest BCUT2D eigenvalue weighted by Crippen LogP contribution is -2.12. The Morgan fingerprint density at radius 1 is 1.16 bits per heavy atom. The van der Waals surface area contributed by atoms with Crippen LogP contribution in [0.25, 0.3) is 10.9 Å². The number of anilines is 1. The van der Waals surface area contributed by atoms with Crippen LogP contribution < -0.4 is 5.32 Å². The summed E-state index contributed by atoms with van der Waals surface area (Å²) in [5, 5.41) is 11.8. The Hall–Kier alpha value is -3.11. The molecule has 25 heavy (non-hydrogen) atoms. The summed E-state index contributed by atoms with van der Waals surface area (Å²) in [6.07, 6.45) is 1.25. The quantitative estimate of drug-likeness (QED) is 0.780. The van der Waals surface area contributed by atoms with Crippen molar-refractivity contribution in [1.82, 2.24) is 3.97 Å². The molecule has 0 aliphatic carbocycles. The Kier molecular flexibility index (Phi) is 4.30. The molecule has 3 rings (SSSR count). The van der Waals surface area contributed by atoms with E-state index in [1.54, 1.807) is 54.6 Å². The van der Waals surface area contributed by atoms with E-state index in [1.165, 1.54) is 10.2 Å². The molecule has 1 N–H and O–H groups in total. The Labute approximate surface area is 145 Å². The van der Waals surface area contributed by atoms with Crippen molar-refractivity contribution in [3.05, 3.63) is 60.3 Å². The molecule has 0 saturated carbocycles. The molecular formula is C18H15N3O3S. The zero-order valence-corrected chi connectivity index (χ0v) is 14.2. The SMILES string of the molecule is Cc1ccc(S(=O)(=O)n2ccc3cc(NC(=O)CC#N)ccc32)cc1. The van der Waals surface area contributed by atoms with Crippen LogP contribution in [0.15, 0.2) is 59.6 Å². The van der Waals surface area contributed by atoms with Gasteiger partial charge in [-0.25, -0.2) is 12.4 Å². The van der Waals surface area contributed by atoms with Gasteiger partial charge in [0.05, 0.1) is 16.5 Å². The molecule has 0 unspecified atom stereocenters. The van der Waals surface area contributed by atoms with Gasteiger partial charge in [0.15, 0.2) is 0 Å². The van der Waals surface area contributed by atoms with Gasteiger partial charge in [-0.05, 0) is 43.3 Å². The number of nitrogens with zero attached hydrogens (tertiary/aromatic N) is 2. The highest BCUT2D eigenvalue weighted by molar-refractivity contribution is 7.90. The molecule has 7 heteroatoms. The molecule has 0 aliphatic heterocycles. The summed E-state index contributed by atoms with van der Waals surface area (Å²) < 4.78 is 26.9. The smallest absolute Gasteiger partial charge is 0.268 e. The van der Waals surface area contributed by atoms with Crippen molar-refractivity contribution in [3.63, 3.8) is 0 Å². The largest absolute Gasteiger partial charge is 0.325 e. The fourth-order valence-corrected chi connectivity index (χ4v) is 3.86. The summed E-state index contributed by atoms with van der Waals surface area (Å²) in [6, 6.07) is 15.0. The average molecular weight is 353 g/mol. The second-order valence-corrected chi connectivity index (χ2v) is 7.40. The minimum absolute atomic E-state index is 0.210. The zero-order valence-electron chi connectivity index (χ0n) is 13.4. The lowest BCUT2D eigenvalue weighted by atomic mass is 10.2. The molecule has 0 saturated heterocycles. The van der Waals surface area contributed by atoms with Crippen LogP contribution in [0.5, 0.6) is 0 Å². The van der Waals surface area contributed by atoms with Gasteiger partial charge in [-0.3, -0.25) is 4.79 Å². The van der Waals surface area contributed by atoms with Crippen LogP contribution >= 0.6 is 0 Å². The van der Waals surface area contributed by atoms with Crippen molar-refractivity contribution in [3.8, 4) is 6.07 Å². The lowest BCUT2D eigenvalue weighted by molar-refractivity contribution is -0.115. The van der Waals surface area contributed by atoms with Gasteiger partial charge in [-0.15, -0.1) is 0 Å². The van der Waals surface area contributed by atoms with Crippen molar-refractivity contribution >= 4 is 32.5 Å². The van der Waals surface area contributed by atoms with E-state index in [1.807, 2.05) is 6.92 Å². The molecule has 1 aromatic heterocycles. The molecular weight excluding hydrogens is 338 g/mol. The normalized spacial score (nSPS) is 11.2. The number of benzene rings is 2. The molecule has 0 fully saturated rings. The first-order valence-electron chi connectivity index (χ1n) is 7.52. The Balaban J connectivity index is 2.00. The minimum atomic E-state index is -3.70. The highest BCUT2D eigenvalue weighted by atomic mass is 32.2. The predicted octanol–water partition coefficient (Wildman–Crippen LogP) is 3.04. The number of rotatable bonds is 4. The van der Waals surface area contributed by atoms with Gasteiger partial charge >= 0.3 is 0 Å². The van der Waals surface area contributed by atoms with E-state index in [2.05, 4.69) is 5.32 Å². The topological polar surface area (TPSA) is 92.0 Å². The van der Waals surface area contributed by atoms with E-state index < -0.39 is 15.9 Å². The number of carbonyl (C=O) groups excluding carboxylic acids is 1. The number of nitriles is 1. The van der Waals surface area contributed by atoms with Crippen LogP contribution in [0.4, 0.5) is 5.69 Å². The fourth-order valence-electron chi connectivity index (χ4n) is 2.51. The summed E-state index contributed by atoms with van der Waals surface area (Å²) >= 11 is 0. The van der Waals surface area contributed by atoms with E-state index in [9.17, 15) is 13.2 Å². The molecule has 0 atom stereocenters. The second kappa shape index (κ2) is 6.42. The van der Waals surface area contributed by atoms with Crippen molar-refractivity contribution < 1.29 is 13.2 Å². The minimum Gasteiger partial charge on any atom is -0.325 e. The molecule has 0 aliphatic rings.